The van der Waals surface area contributed by atoms with Gasteiger partial charge < -0.3 is 10.6 Å². The normalized spacial score (nSPS) is 15.9. The van der Waals surface area contributed by atoms with Gasteiger partial charge in [-0.3, -0.25) is 0 Å². The van der Waals surface area contributed by atoms with E-state index in [1.165, 1.54) is 19.3 Å². The van der Waals surface area contributed by atoms with Crippen LogP contribution in [0.25, 0.3) is 10.9 Å². The van der Waals surface area contributed by atoms with E-state index in [1.54, 1.807) is 0 Å². The van der Waals surface area contributed by atoms with Gasteiger partial charge in [0.1, 0.15) is 11.6 Å². The predicted molar refractivity (Wildman–Crippen MR) is 78.4 cm³/mol. The Balaban J connectivity index is 2.08. The van der Waals surface area contributed by atoms with Crippen LogP contribution in [0, 0.1) is 0 Å². The number of para-hydroxylation sites is 1. The molecule has 1 aliphatic heterocycles. The first-order valence-electron chi connectivity index (χ1n) is 7.09. The van der Waals surface area contributed by atoms with Crippen molar-refractivity contribution in [2.75, 3.05) is 24.5 Å². The highest BCUT2D eigenvalue weighted by Crippen LogP contribution is 2.26. The maximum Gasteiger partial charge on any atom is 0.140 e. The number of hydrogen-bond acceptors (Lipinski definition) is 4. The van der Waals surface area contributed by atoms with Gasteiger partial charge in [0.2, 0.25) is 0 Å². The van der Waals surface area contributed by atoms with Crippen LogP contribution in [-0.4, -0.2) is 29.6 Å². The minimum atomic E-state index is 0.595. The second-order valence-corrected chi connectivity index (χ2v) is 5.07. The van der Waals surface area contributed by atoms with Crippen LogP contribution in [0.15, 0.2) is 24.3 Å². The second-order valence-electron chi connectivity index (χ2n) is 5.07. The fourth-order valence-corrected chi connectivity index (χ4v) is 2.69. The fourth-order valence-electron chi connectivity index (χ4n) is 2.69. The minimum absolute atomic E-state index is 0.595. The summed E-state index contributed by atoms with van der Waals surface area (Å²) in [6.07, 6.45) is 4.58. The van der Waals surface area contributed by atoms with Crippen LogP contribution < -0.4 is 10.6 Å². The zero-order chi connectivity index (χ0) is 13.1. The van der Waals surface area contributed by atoms with Crippen molar-refractivity contribution in [1.82, 2.24) is 9.97 Å². The number of nitrogens with zero attached hydrogens (tertiary/aromatic N) is 3. The number of rotatable bonds is 3. The van der Waals surface area contributed by atoms with Crippen molar-refractivity contribution in [3.05, 3.63) is 30.1 Å². The molecule has 0 atom stereocenters. The Kier molecular flexibility index (Phi) is 3.60. The first kappa shape index (κ1) is 12.4. The van der Waals surface area contributed by atoms with E-state index in [1.807, 2.05) is 6.07 Å². The van der Waals surface area contributed by atoms with Gasteiger partial charge in [0, 0.05) is 24.9 Å². The van der Waals surface area contributed by atoms with Crippen LogP contribution in [0.1, 0.15) is 25.1 Å². The molecule has 0 saturated carbocycles. The SMILES string of the molecule is NCCc1nc(N2CCCCC2)c2ccccc2n1. The molecule has 0 amide bonds. The summed E-state index contributed by atoms with van der Waals surface area (Å²) in [7, 11) is 0. The first-order valence-corrected chi connectivity index (χ1v) is 7.09. The summed E-state index contributed by atoms with van der Waals surface area (Å²) >= 11 is 0. The van der Waals surface area contributed by atoms with Crippen LogP contribution in [0.5, 0.6) is 0 Å². The number of anilines is 1. The number of hydrogen-bond donors (Lipinski definition) is 1. The number of fused-ring (bicyclic) bond motifs is 1. The number of piperidine rings is 1. The summed E-state index contributed by atoms with van der Waals surface area (Å²) < 4.78 is 0. The average molecular weight is 256 g/mol. The largest absolute Gasteiger partial charge is 0.356 e. The summed E-state index contributed by atoms with van der Waals surface area (Å²) in [6.45, 7) is 2.80. The molecule has 1 saturated heterocycles. The van der Waals surface area contributed by atoms with Crippen LogP contribution in [0.3, 0.4) is 0 Å². The molecule has 1 aromatic carbocycles. The number of nitrogens with two attached hydrogens (primary N) is 1. The second kappa shape index (κ2) is 5.53. The van der Waals surface area contributed by atoms with Gasteiger partial charge in [-0.25, -0.2) is 9.97 Å². The highest BCUT2D eigenvalue weighted by atomic mass is 15.2. The topological polar surface area (TPSA) is 55.0 Å². The quantitative estimate of drug-likeness (QED) is 0.914. The molecule has 3 rings (SSSR count). The van der Waals surface area contributed by atoms with Gasteiger partial charge in [-0.15, -0.1) is 0 Å². The van der Waals surface area contributed by atoms with Crippen molar-refractivity contribution < 1.29 is 0 Å². The van der Waals surface area contributed by atoms with E-state index in [0.717, 1.165) is 42.1 Å². The highest BCUT2D eigenvalue weighted by Gasteiger charge is 2.16. The van der Waals surface area contributed by atoms with E-state index in [0.29, 0.717) is 6.54 Å². The standard InChI is InChI=1S/C15H20N4/c16-9-8-14-17-13-7-3-2-6-12(13)15(18-14)19-10-4-1-5-11-19/h2-3,6-7H,1,4-5,8-11,16H2. The molecule has 0 bridgehead atoms. The molecule has 19 heavy (non-hydrogen) atoms. The molecular formula is C15H20N4. The molecule has 1 aliphatic rings. The van der Waals surface area contributed by atoms with Crippen molar-refractivity contribution >= 4 is 16.7 Å². The summed E-state index contributed by atoms with van der Waals surface area (Å²) in [4.78, 5) is 11.7. The molecule has 0 unspecified atom stereocenters. The summed E-state index contributed by atoms with van der Waals surface area (Å²) in [5, 5.41) is 1.16. The summed E-state index contributed by atoms with van der Waals surface area (Å²) in [5.74, 6) is 1.95. The van der Waals surface area contributed by atoms with Crippen molar-refractivity contribution in [2.24, 2.45) is 5.73 Å². The van der Waals surface area contributed by atoms with Crippen molar-refractivity contribution in [1.29, 1.82) is 0 Å². The fraction of sp³-hybridized carbons (Fsp3) is 0.467. The lowest BCUT2D eigenvalue weighted by Gasteiger charge is -2.28. The van der Waals surface area contributed by atoms with E-state index in [9.17, 15) is 0 Å². The zero-order valence-electron chi connectivity index (χ0n) is 11.2. The van der Waals surface area contributed by atoms with E-state index < -0.39 is 0 Å². The Morgan fingerprint density at radius 2 is 1.84 bits per heavy atom. The van der Waals surface area contributed by atoms with Crippen molar-refractivity contribution in [3.8, 4) is 0 Å². The maximum atomic E-state index is 5.64. The molecule has 4 heteroatoms. The molecule has 0 spiro atoms. The third-order valence-corrected chi connectivity index (χ3v) is 3.65. The lowest BCUT2D eigenvalue weighted by atomic mass is 10.1. The molecule has 1 aromatic heterocycles. The van der Waals surface area contributed by atoms with Gasteiger partial charge in [-0.1, -0.05) is 12.1 Å². The molecule has 2 heterocycles. The van der Waals surface area contributed by atoms with Gasteiger partial charge >= 0.3 is 0 Å². The minimum Gasteiger partial charge on any atom is -0.356 e. The van der Waals surface area contributed by atoms with Gasteiger partial charge in [0.25, 0.3) is 0 Å². The Hall–Kier alpha value is -1.68. The average Bonchev–Trinajstić information content (AvgIpc) is 2.48. The van der Waals surface area contributed by atoms with Gasteiger partial charge in [-0.2, -0.15) is 0 Å². The van der Waals surface area contributed by atoms with Crippen LogP contribution in [0.4, 0.5) is 5.82 Å². The maximum absolute atomic E-state index is 5.64. The lowest BCUT2D eigenvalue weighted by Crippen LogP contribution is -2.30. The molecule has 0 aliphatic carbocycles. The van der Waals surface area contributed by atoms with Gasteiger partial charge in [0.15, 0.2) is 0 Å². The number of aromatic nitrogens is 2. The highest BCUT2D eigenvalue weighted by molar-refractivity contribution is 5.89. The van der Waals surface area contributed by atoms with Gasteiger partial charge in [-0.05, 0) is 37.9 Å². The molecule has 2 N–H and O–H groups in total. The van der Waals surface area contributed by atoms with E-state index in [4.69, 9.17) is 10.7 Å². The van der Waals surface area contributed by atoms with E-state index in [-0.39, 0.29) is 0 Å². The predicted octanol–water partition coefficient (Wildman–Crippen LogP) is 2.12. The van der Waals surface area contributed by atoms with E-state index >= 15 is 0 Å². The number of benzene rings is 1. The Morgan fingerprint density at radius 1 is 1.05 bits per heavy atom. The molecule has 100 valence electrons. The van der Waals surface area contributed by atoms with Crippen molar-refractivity contribution in [3.63, 3.8) is 0 Å². The Labute approximate surface area is 113 Å². The Morgan fingerprint density at radius 3 is 2.63 bits per heavy atom. The zero-order valence-corrected chi connectivity index (χ0v) is 11.2. The molecule has 4 nitrogen and oxygen atoms in total. The molecular weight excluding hydrogens is 236 g/mol. The lowest BCUT2D eigenvalue weighted by molar-refractivity contribution is 0.573. The first-order chi connectivity index (χ1) is 9.38. The third kappa shape index (κ3) is 2.54. The smallest absolute Gasteiger partial charge is 0.140 e. The van der Waals surface area contributed by atoms with E-state index in [2.05, 4.69) is 28.1 Å². The van der Waals surface area contributed by atoms with Crippen LogP contribution in [0.2, 0.25) is 0 Å². The van der Waals surface area contributed by atoms with Crippen LogP contribution in [-0.2, 0) is 6.42 Å². The summed E-state index contributed by atoms with van der Waals surface area (Å²) in [6, 6.07) is 8.26. The molecule has 0 radical (unpaired) electrons. The monoisotopic (exact) mass is 256 g/mol. The van der Waals surface area contributed by atoms with Crippen LogP contribution >= 0.6 is 0 Å². The Bertz CT molecular complexity index is 561. The van der Waals surface area contributed by atoms with Crippen molar-refractivity contribution in [2.45, 2.75) is 25.7 Å². The summed E-state index contributed by atoms with van der Waals surface area (Å²) in [5.41, 5.74) is 6.67. The van der Waals surface area contributed by atoms with Gasteiger partial charge in [0.05, 0.1) is 5.52 Å². The third-order valence-electron chi connectivity index (χ3n) is 3.65. The molecule has 2 aromatic rings. The molecule has 1 fully saturated rings.